The maximum Gasteiger partial charge on any atom is 0.317 e. The number of nitrogens with one attached hydrogen (secondary N) is 1. The van der Waals surface area contributed by atoms with E-state index in [1.807, 2.05) is 56.3 Å². The lowest BCUT2D eigenvalue weighted by molar-refractivity contribution is -0.159. The van der Waals surface area contributed by atoms with Crippen molar-refractivity contribution in [2.45, 2.75) is 32.5 Å². The number of carbonyl (C=O) groups excluding carboxylic acids is 1. The summed E-state index contributed by atoms with van der Waals surface area (Å²) >= 11 is 5.76. The predicted octanol–water partition coefficient (Wildman–Crippen LogP) is 3.82. The quantitative estimate of drug-likeness (QED) is 0.535. The van der Waals surface area contributed by atoms with E-state index in [0.717, 1.165) is 5.56 Å². The average Bonchev–Trinajstić information content (AvgIpc) is 2.74. The molecule has 2 aromatic rings. The Hall–Kier alpha value is -3.00. The zero-order chi connectivity index (χ0) is 22.2. The fraction of sp³-hybridized carbons (Fsp3) is 0.391. The molecule has 2 heterocycles. The van der Waals surface area contributed by atoms with Crippen LogP contribution in [0.1, 0.15) is 32.4 Å². The molecule has 1 N–H and O–H groups in total. The third kappa shape index (κ3) is 3.35. The smallest absolute Gasteiger partial charge is 0.317 e. The standard InChI is InChI=1S/C23H26N2O5S/c1-5-28-17-13-9-10-14-19-18(21(26)29-6-2)23(3,30-20(14)17)25(22(31)24-19)15-11-7-8-12-16(15)27-4/h7-13,18-19H,5-6H2,1-4H3,(H,24,31). The average molecular weight is 443 g/mol. The molecular formula is C23H26N2O5S. The minimum Gasteiger partial charge on any atom is -0.495 e. The molecular weight excluding hydrogens is 416 g/mol. The van der Waals surface area contributed by atoms with Gasteiger partial charge in [-0.15, -0.1) is 0 Å². The molecule has 2 aliphatic heterocycles. The number of methoxy groups -OCH3 is 1. The van der Waals surface area contributed by atoms with Gasteiger partial charge in [-0.2, -0.15) is 0 Å². The fourth-order valence-electron chi connectivity index (χ4n) is 4.41. The van der Waals surface area contributed by atoms with Crippen molar-refractivity contribution in [1.29, 1.82) is 0 Å². The summed E-state index contributed by atoms with van der Waals surface area (Å²) in [7, 11) is 1.59. The van der Waals surface area contributed by atoms with Crippen molar-refractivity contribution in [2.24, 2.45) is 5.92 Å². The monoisotopic (exact) mass is 442 g/mol. The molecule has 2 aliphatic rings. The molecule has 3 atom stereocenters. The summed E-state index contributed by atoms with van der Waals surface area (Å²) in [6.07, 6.45) is 0. The molecule has 1 fully saturated rings. The van der Waals surface area contributed by atoms with Crippen LogP contribution < -0.4 is 24.4 Å². The van der Waals surface area contributed by atoms with Crippen LogP contribution in [-0.4, -0.2) is 37.1 Å². The molecule has 1 saturated heterocycles. The van der Waals surface area contributed by atoms with Crippen LogP contribution >= 0.6 is 12.2 Å². The number of ether oxygens (including phenoxy) is 4. The normalized spacial score (nSPS) is 23.9. The van der Waals surface area contributed by atoms with Gasteiger partial charge in [0.15, 0.2) is 16.6 Å². The lowest BCUT2D eigenvalue weighted by Gasteiger charge is -2.55. The Balaban J connectivity index is 1.93. The Labute approximate surface area is 187 Å². The van der Waals surface area contributed by atoms with Gasteiger partial charge in [0.1, 0.15) is 11.7 Å². The van der Waals surface area contributed by atoms with E-state index in [1.54, 1.807) is 18.9 Å². The number of nitrogens with zero attached hydrogens (tertiary/aromatic N) is 1. The molecule has 0 radical (unpaired) electrons. The molecule has 164 valence electrons. The SMILES string of the molecule is CCOC(=O)C1C2NC(=S)N(c3ccccc3OC)C1(C)Oc1c(OCC)cccc12. The summed E-state index contributed by atoms with van der Waals surface area (Å²) in [5.74, 6) is 0.771. The van der Waals surface area contributed by atoms with E-state index in [4.69, 9.17) is 31.2 Å². The van der Waals surface area contributed by atoms with Crippen LogP contribution in [0, 0.1) is 5.92 Å². The number of fused-ring (bicyclic) bond motifs is 4. The summed E-state index contributed by atoms with van der Waals surface area (Å²) in [5, 5.41) is 3.79. The highest BCUT2D eigenvalue weighted by Crippen LogP contribution is 2.53. The maximum atomic E-state index is 13.2. The number of para-hydroxylation sites is 3. The number of rotatable bonds is 6. The molecule has 0 aliphatic carbocycles. The van der Waals surface area contributed by atoms with E-state index < -0.39 is 17.7 Å². The third-order valence-electron chi connectivity index (χ3n) is 5.66. The number of thiocarbonyl (C=S) groups is 1. The van der Waals surface area contributed by atoms with Crippen LogP contribution in [0.15, 0.2) is 42.5 Å². The van der Waals surface area contributed by atoms with E-state index in [1.165, 1.54) is 0 Å². The fourth-order valence-corrected chi connectivity index (χ4v) is 4.82. The highest BCUT2D eigenvalue weighted by atomic mass is 32.1. The van der Waals surface area contributed by atoms with Crippen molar-refractivity contribution in [2.75, 3.05) is 25.2 Å². The van der Waals surface area contributed by atoms with E-state index >= 15 is 0 Å². The van der Waals surface area contributed by atoms with Gasteiger partial charge in [0.05, 0.1) is 32.1 Å². The predicted molar refractivity (Wildman–Crippen MR) is 121 cm³/mol. The first-order valence-corrected chi connectivity index (χ1v) is 10.7. The zero-order valence-electron chi connectivity index (χ0n) is 18.0. The molecule has 0 saturated carbocycles. The number of hydrogen-bond donors (Lipinski definition) is 1. The minimum absolute atomic E-state index is 0.267. The molecule has 8 heteroatoms. The Morgan fingerprint density at radius 3 is 2.61 bits per heavy atom. The van der Waals surface area contributed by atoms with E-state index in [-0.39, 0.29) is 12.6 Å². The number of benzene rings is 2. The molecule has 3 unspecified atom stereocenters. The highest BCUT2D eigenvalue weighted by molar-refractivity contribution is 7.80. The highest BCUT2D eigenvalue weighted by Gasteiger charge is 2.60. The van der Waals surface area contributed by atoms with Crippen LogP contribution in [0.25, 0.3) is 0 Å². The molecule has 0 amide bonds. The molecule has 4 rings (SSSR count). The van der Waals surface area contributed by atoms with Crippen molar-refractivity contribution in [3.8, 4) is 17.2 Å². The molecule has 7 nitrogen and oxygen atoms in total. The van der Waals surface area contributed by atoms with Gasteiger partial charge >= 0.3 is 5.97 Å². The first-order chi connectivity index (χ1) is 15.0. The van der Waals surface area contributed by atoms with Crippen molar-refractivity contribution in [3.63, 3.8) is 0 Å². The maximum absolute atomic E-state index is 13.2. The lowest BCUT2D eigenvalue weighted by atomic mass is 9.79. The Morgan fingerprint density at radius 1 is 1.16 bits per heavy atom. The van der Waals surface area contributed by atoms with Gasteiger partial charge in [-0.1, -0.05) is 24.3 Å². The van der Waals surface area contributed by atoms with E-state index in [0.29, 0.717) is 34.7 Å². The lowest BCUT2D eigenvalue weighted by Crippen LogP contribution is -2.71. The topological polar surface area (TPSA) is 69.3 Å². The largest absolute Gasteiger partial charge is 0.495 e. The van der Waals surface area contributed by atoms with Gasteiger partial charge in [-0.25, -0.2) is 0 Å². The Bertz CT molecular complexity index is 1010. The second kappa shape index (κ2) is 8.26. The van der Waals surface area contributed by atoms with E-state index in [2.05, 4.69) is 5.32 Å². The van der Waals surface area contributed by atoms with Crippen molar-refractivity contribution < 1.29 is 23.7 Å². The van der Waals surface area contributed by atoms with Crippen molar-refractivity contribution in [3.05, 3.63) is 48.0 Å². The van der Waals surface area contributed by atoms with Crippen LogP contribution in [-0.2, 0) is 9.53 Å². The summed E-state index contributed by atoms with van der Waals surface area (Å²) in [6.45, 7) is 6.32. The number of carbonyl (C=O) groups is 1. The van der Waals surface area contributed by atoms with Crippen LogP contribution in [0.2, 0.25) is 0 Å². The molecule has 2 aromatic carbocycles. The molecule has 0 aromatic heterocycles. The first kappa shape index (κ1) is 21.2. The molecule has 31 heavy (non-hydrogen) atoms. The number of esters is 1. The molecule has 2 bridgehead atoms. The summed E-state index contributed by atoms with van der Waals surface area (Å²) < 4.78 is 23.5. The Morgan fingerprint density at radius 2 is 1.90 bits per heavy atom. The van der Waals surface area contributed by atoms with Crippen molar-refractivity contribution in [1.82, 2.24) is 5.32 Å². The van der Waals surface area contributed by atoms with Gasteiger partial charge < -0.3 is 24.3 Å². The van der Waals surface area contributed by atoms with Crippen LogP contribution in [0.4, 0.5) is 5.69 Å². The van der Waals surface area contributed by atoms with Gasteiger partial charge in [0.2, 0.25) is 5.72 Å². The van der Waals surface area contributed by atoms with Crippen molar-refractivity contribution >= 4 is 29.0 Å². The zero-order valence-corrected chi connectivity index (χ0v) is 18.8. The second-order valence-electron chi connectivity index (χ2n) is 7.43. The molecule has 0 spiro atoms. The van der Waals surface area contributed by atoms with Gasteiger partial charge in [0.25, 0.3) is 0 Å². The van der Waals surface area contributed by atoms with E-state index in [9.17, 15) is 4.79 Å². The minimum atomic E-state index is -1.17. The first-order valence-electron chi connectivity index (χ1n) is 10.3. The van der Waals surface area contributed by atoms with Gasteiger partial charge in [0, 0.05) is 5.56 Å². The van der Waals surface area contributed by atoms with Crippen LogP contribution in [0.3, 0.4) is 0 Å². The Kier molecular flexibility index (Phi) is 5.66. The van der Waals surface area contributed by atoms with Gasteiger partial charge in [-0.05, 0) is 51.2 Å². The third-order valence-corrected chi connectivity index (χ3v) is 5.96. The van der Waals surface area contributed by atoms with Crippen LogP contribution in [0.5, 0.6) is 17.2 Å². The summed E-state index contributed by atoms with van der Waals surface area (Å²) in [6, 6.07) is 12.7. The number of anilines is 1. The second-order valence-corrected chi connectivity index (χ2v) is 7.82. The summed E-state index contributed by atoms with van der Waals surface area (Å²) in [5.41, 5.74) is 0.326. The summed E-state index contributed by atoms with van der Waals surface area (Å²) in [4.78, 5) is 15.0. The number of hydrogen-bond acceptors (Lipinski definition) is 6. The van der Waals surface area contributed by atoms with Gasteiger partial charge in [-0.3, -0.25) is 9.69 Å².